The maximum atomic E-state index is 5.91. The number of fused-ring (bicyclic) bond motifs is 1. The number of methoxy groups -OCH3 is 1. The van der Waals surface area contributed by atoms with Crippen LogP contribution in [0.5, 0.6) is 5.75 Å². The maximum absolute atomic E-state index is 5.91. The average molecular weight is 332 g/mol. The van der Waals surface area contributed by atoms with E-state index in [1.807, 2.05) is 47.0 Å². The van der Waals surface area contributed by atoms with Crippen molar-refractivity contribution in [1.82, 2.24) is 9.38 Å². The molecule has 0 bridgehead atoms. The number of hydrogen-bond donors (Lipinski definition) is 1. The van der Waals surface area contributed by atoms with Gasteiger partial charge in [0.15, 0.2) is 0 Å². The van der Waals surface area contributed by atoms with Crippen LogP contribution in [0.3, 0.4) is 0 Å². The van der Waals surface area contributed by atoms with E-state index in [1.165, 1.54) is 0 Å². The standard InChI is InChI=1S/C15H14BrN3O/c1-20-12-4-2-3-10(7-12)15-13(8-17)19-9-11(16)5-6-14(19)18-15/h2-7,9H,8,17H2,1H3. The second-order valence-corrected chi connectivity index (χ2v) is 5.33. The fraction of sp³-hybridized carbons (Fsp3) is 0.133. The van der Waals surface area contributed by atoms with Gasteiger partial charge in [0.1, 0.15) is 11.4 Å². The molecule has 2 N–H and O–H groups in total. The summed E-state index contributed by atoms with van der Waals surface area (Å²) in [5.41, 5.74) is 9.67. The summed E-state index contributed by atoms with van der Waals surface area (Å²) in [5, 5.41) is 0. The van der Waals surface area contributed by atoms with Gasteiger partial charge in [0, 0.05) is 22.8 Å². The van der Waals surface area contributed by atoms with Crippen molar-refractivity contribution in [2.24, 2.45) is 5.73 Å². The summed E-state index contributed by atoms with van der Waals surface area (Å²) in [7, 11) is 1.66. The fourth-order valence-electron chi connectivity index (χ4n) is 2.26. The van der Waals surface area contributed by atoms with E-state index in [0.717, 1.165) is 32.8 Å². The van der Waals surface area contributed by atoms with Crippen LogP contribution in [0, 0.1) is 0 Å². The smallest absolute Gasteiger partial charge is 0.137 e. The van der Waals surface area contributed by atoms with Crippen LogP contribution >= 0.6 is 15.9 Å². The van der Waals surface area contributed by atoms with Gasteiger partial charge >= 0.3 is 0 Å². The zero-order valence-electron chi connectivity index (χ0n) is 11.0. The zero-order valence-corrected chi connectivity index (χ0v) is 12.6. The number of benzene rings is 1. The van der Waals surface area contributed by atoms with E-state index in [0.29, 0.717) is 6.54 Å². The third kappa shape index (κ3) is 2.19. The second-order valence-electron chi connectivity index (χ2n) is 4.42. The van der Waals surface area contributed by atoms with Crippen molar-refractivity contribution in [3.63, 3.8) is 0 Å². The SMILES string of the molecule is COc1cccc(-c2nc3ccc(Br)cn3c2CN)c1. The van der Waals surface area contributed by atoms with Gasteiger partial charge in [-0.3, -0.25) is 0 Å². The summed E-state index contributed by atoms with van der Waals surface area (Å²) in [6, 6.07) is 11.8. The summed E-state index contributed by atoms with van der Waals surface area (Å²) in [6.07, 6.45) is 1.98. The van der Waals surface area contributed by atoms with Crippen molar-refractivity contribution in [2.45, 2.75) is 6.54 Å². The molecule has 0 fully saturated rings. The third-order valence-electron chi connectivity index (χ3n) is 3.22. The Kier molecular flexibility index (Phi) is 3.46. The number of pyridine rings is 1. The molecule has 3 aromatic rings. The number of nitrogens with zero attached hydrogens (tertiary/aromatic N) is 2. The van der Waals surface area contributed by atoms with E-state index < -0.39 is 0 Å². The molecule has 0 aliphatic heterocycles. The lowest BCUT2D eigenvalue weighted by Crippen LogP contribution is -2.02. The molecule has 0 unspecified atom stereocenters. The Bertz CT molecular complexity index is 767. The van der Waals surface area contributed by atoms with Crippen molar-refractivity contribution in [2.75, 3.05) is 7.11 Å². The first kappa shape index (κ1) is 13.1. The Morgan fingerprint density at radius 1 is 1.30 bits per heavy atom. The van der Waals surface area contributed by atoms with Gasteiger partial charge < -0.3 is 14.9 Å². The molecule has 0 saturated heterocycles. The van der Waals surface area contributed by atoms with Crippen molar-refractivity contribution in [3.05, 3.63) is 52.8 Å². The summed E-state index contributed by atoms with van der Waals surface area (Å²) >= 11 is 3.47. The predicted octanol–water partition coefficient (Wildman–Crippen LogP) is 3.23. The highest BCUT2D eigenvalue weighted by Crippen LogP contribution is 2.28. The lowest BCUT2D eigenvalue weighted by Gasteiger charge is -2.05. The van der Waals surface area contributed by atoms with E-state index in [1.54, 1.807) is 7.11 Å². The molecule has 20 heavy (non-hydrogen) atoms. The van der Waals surface area contributed by atoms with Gasteiger partial charge in [0.2, 0.25) is 0 Å². The molecular formula is C15H14BrN3O. The highest BCUT2D eigenvalue weighted by atomic mass is 79.9. The lowest BCUT2D eigenvalue weighted by atomic mass is 10.1. The Morgan fingerprint density at radius 2 is 2.15 bits per heavy atom. The molecule has 0 spiro atoms. The fourth-order valence-corrected chi connectivity index (χ4v) is 2.60. The summed E-state index contributed by atoms with van der Waals surface area (Å²) in [4.78, 5) is 4.68. The van der Waals surface area contributed by atoms with Crippen LogP contribution in [-0.2, 0) is 6.54 Å². The Morgan fingerprint density at radius 3 is 2.90 bits per heavy atom. The molecule has 2 heterocycles. The quantitative estimate of drug-likeness (QED) is 0.801. The van der Waals surface area contributed by atoms with Crippen LogP contribution in [0.4, 0.5) is 0 Å². The van der Waals surface area contributed by atoms with Gasteiger partial charge in [-0.1, -0.05) is 12.1 Å². The van der Waals surface area contributed by atoms with Gasteiger partial charge in [-0.05, 0) is 40.2 Å². The summed E-state index contributed by atoms with van der Waals surface area (Å²) in [6.45, 7) is 0.421. The van der Waals surface area contributed by atoms with Gasteiger partial charge in [0.25, 0.3) is 0 Å². The maximum Gasteiger partial charge on any atom is 0.137 e. The Hall–Kier alpha value is -1.85. The number of aromatic nitrogens is 2. The van der Waals surface area contributed by atoms with E-state index in [2.05, 4.69) is 20.9 Å². The van der Waals surface area contributed by atoms with Crippen LogP contribution in [0.1, 0.15) is 5.69 Å². The molecule has 0 saturated carbocycles. The molecule has 0 aliphatic rings. The summed E-state index contributed by atoms with van der Waals surface area (Å²) in [5.74, 6) is 0.809. The monoisotopic (exact) mass is 331 g/mol. The molecule has 0 atom stereocenters. The molecule has 0 amide bonds. The van der Waals surface area contributed by atoms with Crippen LogP contribution in [-0.4, -0.2) is 16.5 Å². The molecular weight excluding hydrogens is 318 g/mol. The molecule has 4 nitrogen and oxygen atoms in total. The Labute approximate surface area is 125 Å². The van der Waals surface area contributed by atoms with Crippen molar-refractivity contribution in [1.29, 1.82) is 0 Å². The normalized spacial score (nSPS) is 10.9. The van der Waals surface area contributed by atoms with Crippen molar-refractivity contribution in [3.8, 4) is 17.0 Å². The predicted molar refractivity (Wildman–Crippen MR) is 82.8 cm³/mol. The number of halogens is 1. The average Bonchev–Trinajstić information content (AvgIpc) is 2.85. The minimum absolute atomic E-state index is 0.421. The highest BCUT2D eigenvalue weighted by Gasteiger charge is 2.13. The molecule has 5 heteroatoms. The number of nitrogens with two attached hydrogens (primary N) is 1. The van der Waals surface area contributed by atoms with Gasteiger partial charge in [-0.2, -0.15) is 0 Å². The first-order chi connectivity index (χ1) is 9.72. The van der Waals surface area contributed by atoms with E-state index in [9.17, 15) is 0 Å². The van der Waals surface area contributed by atoms with E-state index in [4.69, 9.17) is 10.5 Å². The lowest BCUT2D eigenvalue weighted by molar-refractivity contribution is 0.415. The molecule has 0 aliphatic carbocycles. The van der Waals surface area contributed by atoms with Crippen molar-refractivity contribution >= 4 is 21.6 Å². The van der Waals surface area contributed by atoms with Crippen LogP contribution in [0.15, 0.2) is 47.1 Å². The van der Waals surface area contributed by atoms with Gasteiger partial charge in [-0.25, -0.2) is 4.98 Å². The number of ether oxygens (including phenoxy) is 1. The van der Waals surface area contributed by atoms with Crippen molar-refractivity contribution < 1.29 is 4.74 Å². The Balaban J connectivity index is 2.24. The number of rotatable bonds is 3. The molecule has 0 radical (unpaired) electrons. The first-order valence-corrected chi connectivity index (χ1v) is 7.03. The molecule has 2 aromatic heterocycles. The van der Waals surface area contributed by atoms with Crippen LogP contribution in [0.25, 0.3) is 16.9 Å². The number of imidazole rings is 1. The van der Waals surface area contributed by atoms with Crippen LogP contribution in [0.2, 0.25) is 0 Å². The topological polar surface area (TPSA) is 52.5 Å². The van der Waals surface area contributed by atoms with E-state index in [-0.39, 0.29) is 0 Å². The third-order valence-corrected chi connectivity index (χ3v) is 3.69. The van der Waals surface area contributed by atoms with Crippen LogP contribution < -0.4 is 10.5 Å². The second kappa shape index (κ2) is 5.26. The largest absolute Gasteiger partial charge is 0.497 e. The highest BCUT2D eigenvalue weighted by molar-refractivity contribution is 9.10. The number of hydrogen-bond acceptors (Lipinski definition) is 3. The minimum Gasteiger partial charge on any atom is -0.497 e. The minimum atomic E-state index is 0.421. The van der Waals surface area contributed by atoms with Gasteiger partial charge in [0.05, 0.1) is 18.5 Å². The molecule has 102 valence electrons. The first-order valence-electron chi connectivity index (χ1n) is 6.24. The molecule has 3 rings (SSSR count). The molecule has 1 aromatic carbocycles. The van der Waals surface area contributed by atoms with E-state index >= 15 is 0 Å². The van der Waals surface area contributed by atoms with Gasteiger partial charge in [-0.15, -0.1) is 0 Å². The summed E-state index contributed by atoms with van der Waals surface area (Å²) < 4.78 is 8.28. The zero-order chi connectivity index (χ0) is 14.1.